The number of hydrogen-bond donors (Lipinski definition) is 3. The Bertz CT molecular complexity index is 1840. The van der Waals surface area contributed by atoms with Crippen molar-refractivity contribution >= 4 is 39.5 Å². The molecule has 0 spiro atoms. The molecule has 0 aromatic carbocycles. The van der Waals surface area contributed by atoms with Crippen molar-refractivity contribution < 1.29 is 80.2 Å². The standard InChI is InChI=1S/C76H148O17P2/c1-7-10-12-14-16-18-20-27-32-35-39-46-52-58-73(78)86-64-71(92-76(81)61-55-49-41-37-33-29-26-24-22-21-23-25-28-31-34-38-44-50-56-68(4)5)66-90-94(82,83)88-62-70(77)63-89-95(84,85)91-67-72(65-87-74(79)59-53-47-43-42-45-51-57-69(6)9-3)93-75(80)60-54-48-40-36-30-19-17-15-13-11-8-2/h68-72,77H,7-67H2,1-6H3,(H,82,83)(H,84,85)/t69?,70-,71-,72-/m1/s1. The molecule has 0 amide bonds. The number of ether oxygens (including phenoxy) is 4. The Morgan fingerprint density at radius 2 is 0.537 bits per heavy atom. The lowest BCUT2D eigenvalue weighted by Gasteiger charge is -2.21. The molecule has 0 aromatic rings. The number of esters is 4. The van der Waals surface area contributed by atoms with Crippen molar-refractivity contribution in [2.75, 3.05) is 39.6 Å². The lowest BCUT2D eigenvalue weighted by molar-refractivity contribution is -0.161. The van der Waals surface area contributed by atoms with Gasteiger partial charge in [0.2, 0.25) is 0 Å². The molecule has 0 rings (SSSR count). The van der Waals surface area contributed by atoms with E-state index in [1.54, 1.807) is 0 Å². The number of unbranched alkanes of at least 4 members (excludes halogenated alkanes) is 44. The van der Waals surface area contributed by atoms with Crippen LogP contribution < -0.4 is 0 Å². The molecule has 0 radical (unpaired) electrons. The van der Waals surface area contributed by atoms with Crippen molar-refractivity contribution in [3.8, 4) is 0 Å². The first-order valence-electron chi connectivity index (χ1n) is 39.5. The number of carbonyl (C=O) groups is 4. The monoisotopic (exact) mass is 1400 g/mol. The van der Waals surface area contributed by atoms with Crippen LogP contribution >= 0.6 is 15.6 Å². The van der Waals surface area contributed by atoms with Gasteiger partial charge in [0.15, 0.2) is 12.2 Å². The third kappa shape index (κ3) is 69.0. The van der Waals surface area contributed by atoms with Gasteiger partial charge < -0.3 is 33.8 Å². The number of hydrogen-bond acceptors (Lipinski definition) is 15. The average molecular weight is 1400 g/mol. The molecule has 95 heavy (non-hydrogen) atoms. The Morgan fingerprint density at radius 1 is 0.305 bits per heavy atom. The topological polar surface area (TPSA) is 237 Å². The van der Waals surface area contributed by atoms with Gasteiger partial charge in [0, 0.05) is 25.7 Å². The van der Waals surface area contributed by atoms with Crippen LogP contribution in [0.1, 0.15) is 395 Å². The van der Waals surface area contributed by atoms with Crippen LogP contribution in [0.4, 0.5) is 0 Å². The van der Waals surface area contributed by atoms with E-state index < -0.39 is 97.5 Å². The molecule has 6 atom stereocenters. The second kappa shape index (κ2) is 67.9. The number of aliphatic hydroxyl groups excluding tert-OH is 1. The van der Waals surface area contributed by atoms with Crippen LogP contribution in [0, 0.1) is 11.8 Å². The van der Waals surface area contributed by atoms with Crippen molar-refractivity contribution in [3.63, 3.8) is 0 Å². The maximum absolute atomic E-state index is 13.1. The summed E-state index contributed by atoms with van der Waals surface area (Å²) in [7, 11) is -9.91. The Hall–Kier alpha value is -1.94. The molecule has 0 bridgehead atoms. The van der Waals surface area contributed by atoms with Crippen LogP contribution in [0.2, 0.25) is 0 Å². The van der Waals surface area contributed by atoms with E-state index in [2.05, 4.69) is 41.5 Å². The van der Waals surface area contributed by atoms with Crippen LogP contribution in [0.25, 0.3) is 0 Å². The lowest BCUT2D eigenvalue weighted by Crippen LogP contribution is -2.30. The van der Waals surface area contributed by atoms with Gasteiger partial charge in [-0.1, -0.05) is 343 Å². The van der Waals surface area contributed by atoms with Gasteiger partial charge in [0.1, 0.15) is 19.3 Å². The molecule has 0 saturated carbocycles. The quantitative estimate of drug-likeness (QED) is 0.0222. The van der Waals surface area contributed by atoms with Gasteiger partial charge in [-0.3, -0.25) is 37.3 Å². The second-order valence-electron chi connectivity index (χ2n) is 28.1. The summed E-state index contributed by atoms with van der Waals surface area (Å²) in [6, 6.07) is 0. The van der Waals surface area contributed by atoms with E-state index in [-0.39, 0.29) is 25.7 Å². The zero-order chi connectivity index (χ0) is 70.0. The Kier molecular flexibility index (Phi) is 66.5. The van der Waals surface area contributed by atoms with Crippen molar-refractivity contribution in [2.45, 2.75) is 413 Å². The largest absolute Gasteiger partial charge is 0.472 e. The fraction of sp³-hybridized carbons (Fsp3) is 0.947. The molecule has 0 saturated heterocycles. The SMILES string of the molecule is CCCCCCCCCCCCCCCC(=O)OC[C@H](COP(=O)(O)OC[C@@H](O)COP(=O)(O)OC[C@@H](COC(=O)CCCCCCCCC(C)CC)OC(=O)CCCCCCCCCCCCC)OC(=O)CCCCCCCCCCCCCCCCCCCCC(C)C. The molecule has 0 aliphatic rings. The van der Waals surface area contributed by atoms with Crippen LogP contribution in [0.5, 0.6) is 0 Å². The normalized spacial score (nSPS) is 14.3. The van der Waals surface area contributed by atoms with Crippen molar-refractivity contribution in [1.29, 1.82) is 0 Å². The van der Waals surface area contributed by atoms with Crippen molar-refractivity contribution in [3.05, 3.63) is 0 Å². The summed E-state index contributed by atoms with van der Waals surface area (Å²) in [5.74, 6) is -0.564. The van der Waals surface area contributed by atoms with Gasteiger partial charge in [0.25, 0.3) is 0 Å². The first-order valence-corrected chi connectivity index (χ1v) is 42.5. The summed E-state index contributed by atoms with van der Waals surface area (Å²) >= 11 is 0. The molecule has 3 N–H and O–H groups in total. The number of carbonyl (C=O) groups excluding carboxylic acids is 4. The maximum atomic E-state index is 13.1. The Balaban J connectivity index is 5.20. The third-order valence-electron chi connectivity index (χ3n) is 18.1. The molecular weight excluding hydrogens is 1250 g/mol. The molecule has 0 aliphatic heterocycles. The third-order valence-corrected chi connectivity index (χ3v) is 20.0. The Labute approximate surface area is 581 Å². The lowest BCUT2D eigenvalue weighted by atomic mass is 10.00. The van der Waals surface area contributed by atoms with Crippen LogP contribution in [0.3, 0.4) is 0 Å². The molecule has 19 heteroatoms. The molecule has 17 nitrogen and oxygen atoms in total. The summed E-state index contributed by atoms with van der Waals surface area (Å²) in [6.45, 7) is 9.59. The van der Waals surface area contributed by atoms with Crippen LogP contribution in [-0.4, -0.2) is 96.7 Å². The van der Waals surface area contributed by atoms with Gasteiger partial charge in [0.05, 0.1) is 26.4 Å². The summed E-state index contributed by atoms with van der Waals surface area (Å²) < 4.78 is 68.5. The molecule has 0 aliphatic carbocycles. The van der Waals surface area contributed by atoms with Crippen molar-refractivity contribution in [1.82, 2.24) is 0 Å². The van der Waals surface area contributed by atoms with Gasteiger partial charge in [-0.05, 0) is 37.5 Å². The zero-order valence-electron chi connectivity index (χ0n) is 62.0. The van der Waals surface area contributed by atoms with E-state index >= 15 is 0 Å². The number of phosphoric acid groups is 2. The minimum absolute atomic E-state index is 0.106. The second-order valence-corrected chi connectivity index (χ2v) is 31.0. The van der Waals surface area contributed by atoms with Crippen molar-refractivity contribution in [2.24, 2.45) is 11.8 Å². The number of aliphatic hydroxyl groups is 1. The smallest absolute Gasteiger partial charge is 0.462 e. The molecule has 0 heterocycles. The first kappa shape index (κ1) is 93.1. The molecule has 0 fully saturated rings. The Morgan fingerprint density at radius 3 is 0.800 bits per heavy atom. The minimum Gasteiger partial charge on any atom is -0.462 e. The molecule has 0 aromatic heterocycles. The predicted molar refractivity (Wildman–Crippen MR) is 386 cm³/mol. The minimum atomic E-state index is -4.96. The highest BCUT2D eigenvalue weighted by Crippen LogP contribution is 2.45. The number of rotatable bonds is 75. The zero-order valence-corrected chi connectivity index (χ0v) is 63.8. The fourth-order valence-corrected chi connectivity index (χ4v) is 13.2. The molecular formula is C76H148O17P2. The summed E-state index contributed by atoms with van der Waals surface area (Å²) in [5, 5.41) is 10.6. The van der Waals surface area contributed by atoms with E-state index in [4.69, 9.17) is 37.0 Å². The highest BCUT2D eigenvalue weighted by molar-refractivity contribution is 7.47. The van der Waals surface area contributed by atoms with Gasteiger partial charge in [-0.25, -0.2) is 9.13 Å². The van der Waals surface area contributed by atoms with Gasteiger partial charge in [-0.15, -0.1) is 0 Å². The average Bonchev–Trinajstić information content (AvgIpc) is 2.34. The van der Waals surface area contributed by atoms with Gasteiger partial charge in [-0.2, -0.15) is 0 Å². The summed E-state index contributed by atoms with van der Waals surface area (Å²) in [5.41, 5.74) is 0. The van der Waals surface area contributed by atoms with Crippen LogP contribution in [-0.2, 0) is 65.4 Å². The van der Waals surface area contributed by atoms with E-state index in [9.17, 15) is 43.2 Å². The van der Waals surface area contributed by atoms with E-state index in [0.29, 0.717) is 25.7 Å². The van der Waals surface area contributed by atoms with E-state index in [1.807, 2.05) is 0 Å². The molecule has 3 unspecified atom stereocenters. The molecule has 564 valence electrons. The maximum Gasteiger partial charge on any atom is 0.472 e. The van der Waals surface area contributed by atoms with Gasteiger partial charge >= 0.3 is 39.5 Å². The summed E-state index contributed by atoms with van der Waals surface area (Å²) in [4.78, 5) is 72.7. The first-order chi connectivity index (χ1) is 45.9. The highest BCUT2D eigenvalue weighted by atomic mass is 31.2. The van der Waals surface area contributed by atoms with E-state index in [1.165, 1.54) is 205 Å². The highest BCUT2D eigenvalue weighted by Gasteiger charge is 2.30. The predicted octanol–water partition coefficient (Wildman–Crippen LogP) is 22.3. The van der Waals surface area contributed by atoms with E-state index in [0.717, 1.165) is 108 Å². The number of phosphoric ester groups is 2. The fourth-order valence-electron chi connectivity index (χ4n) is 11.6. The summed E-state index contributed by atoms with van der Waals surface area (Å²) in [6.07, 6.45) is 55.5. The van der Waals surface area contributed by atoms with Crippen LogP contribution in [0.15, 0.2) is 0 Å².